The molecule has 0 amide bonds. The molecule has 0 spiro atoms. The van der Waals surface area contributed by atoms with Crippen molar-refractivity contribution < 1.29 is 9.50 Å². The highest BCUT2D eigenvalue weighted by Gasteiger charge is 2.21. The molecule has 1 unspecified atom stereocenters. The number of aliphatic hydroxyl groups is 1. The summed E-state index contributed by atoms with van der Waals surface area (Å²) in [6.45, 7) is 6.34. The summed E-state index contributed by atoms with van der Waals surface area (Å²) in [4.78, 5) is 6.56. The van der Waals surface area contributed by atoms with Gasteiger partial charge in [0.2, 0.25) is 0 Å². The molecule has 5 heteroatoms. The van der Waals surface area contributed by atoms with Crippen molar-refractivity contribution in [3.63, 3.8) is 0 Å². The number of rotatable bonds is 5. The highest BCUT2D eigenvalue weighted by Crippen LogP contribution is 2.30. The van der Waals surface area contributed by atoms with Crippen LogP contribution in [-0.4, -0.2) is 29.3 Å². The second-order valence-corrected chi connectivity index (χ2v) is 6.77. The molecule has 1 fully saturated rings. The van der Waals surface area contributed by atoms with E-state index in [9.17, 15) is 9.50 Å². The number of hydrogen-bond donors (Lipinski definition) is 2. The van der Waals surface area contributed by atoms with Gasteiger partial charge in [0.25, 0.3) is 0 Å². The molecule has 134 valence electrons. The summed E-state index contributed by atoms with van der Waals surface area (Å²) >= 11 is 0. The van der Waals surface area contributed by atoms with Crippen LogP contribution in [0.4, 0.5) is 10.1 Å². The van der Waals surface area contributed by atoms with Crippen molar-refractivity contribution >= 4 is 5.69 Å². The van der Waals surface area contributed by atoms with Crippen molar-refractivity contribution in [2.24, 2.45) is 0 Å². The Labute approximate surface area is 148 Å². The van der Waals surface area contributed by atoms with Crippen LogP contribution >= 0.6 is 0 Å². The summed E-state index contributed by atoms with van der Waals surface area (Å²) in [6, 6.07) is 8.99. The number of piperidine rings is 1. The zero-order chi connectivity index (χ0) is 17.8. The number of halogens is 1. The summed E-state index contributed by atoms with van der Waals surface area (Å²) in [5.74, 6) is -0.220. The van der Waals surface area contributed by atoms with Gasteiger partial charge in [0.15, 0.2) is 0 Å². The second kappa shape index (κ2) is 7.93. The van der Waals surface area contributed by atoms with Crippen LogP contribution in [0.3, 0.4) is 0 Å². The van der Waals surface area contributed by atoms with E-state index in [2.05, 4.69) is 28.2 Å². The third kappa shape index (κ3) is 4.35. The number of aryl methyl sites for hydroxylation is 1. The maximum absolute atomic E-state index is 13.9. The molecule has 4 nitrogen and oxygen atoms in total. The maximum atomic E-state index is 13.9. The first kappa shape index (κ1) is 17.8. The molecule has 2 N–H and O–H groups in total. The molecule has 3 rings (SSSR count). The molecule has 1 aliphatic rings. The van der Waals surface area contributed by atoms with Gasteiger partial charge in [0, 0.05) is 43.3 Å². The maximum Gasteiger partial charge on any atom is 0.123 e. The molecule has 2 heterocycles. The van der Waals surface area contributed by atoms with Crippen LogP contribution in [-0.2, 0) is 6.54 Å². The van der Waals surface area contributed by atoms with E-state index in [-0.39, 0.29) is 18.0 Å². The summed E-state index contributed by atoms with van der Waals surface area (Å²) in [5.41, 5.74) is 4.16. The van der Waals surface area contributed by atoms with Gasteiger partial charge < -0.3 is 15.3 Å². The molecule has 1 aliphatic heterocycles. The predicted molar refractivity (Wildman–Crippen MR) is 98.1 cm³/mol. The lowest BCUT2D eigenvalue weighted by Gasteiger charge is -2.34. The minimum absolute atomic E-state index is 0.0113. The Hall–Kier alpha value is -1.98. The fourth-order valence-electron chi connectivity index (χ4n) is 3.34. The molecule has 0 bridgehead atoms. The number of nitrogens with one attached hydrogen (secondary N) is 1. The fraction of sp³-hybridized carbons (Fsp3) is 0.450. The zero-order valence-electron chi connectivity index (χ0n) is 14.9. The van der Waals surface area contributed by atoms with E-state index in [1.165, 1.54) is 6.07 Å². The summed E-state index contributed by atoms with van der Waals surface area (Å²) in [7, 11) is 0. The molecular weight excluding hydrogens is 317 g/mol. The Kier molecular flexibility index (Phi) is 5.66. The number of anilines is 1. The number of aromatic nitrogens is 1. The summed E-state index contributed by atoms with van der Waals surface area (Å²) in [5, 5.41) is 13.2. The standard InChI is InChI=1S/C20H26FN3O/c1-14-16(4-3-9-22-14)13-23-15(2)19-12-17(21)5-6-20(19)24-10-7-18(25)8-11-24/h3-6,9,12,15,18,23,25H,7-8,10-11,13H2,1-2H3. The van der Waals surface area contributed by atoms with Gasteiger partial charge in [-0.2, -0.15) is 0 Å². The second-order valence-electron chi connectivity index (χ2n) is 6.77. The van der Waals surface area contributed by atoms with Gasteiger partial charge in [-0.15, -0.1) is 0 Å². The normalized spacial score (nSPS) is 16.9. The zero-order valence-corrected chi connectivity index (χ0v) is 14.9. The Morgan fingerprint density at radius 1 is 1.32 bits per heavy atom. The summed E-state index contributed by atoms with van der Waals surface area (Å²) in [6.07, 6.45) is 3.09. The van der Waals surface area contributed by atoms with E-state index in [1.807, 2.05) is 19.1 Å². The van der Waals surface area contributed by atoms with E-state index in [0.29, 0.717) is 6.54 Å². The molecule has 0 radical (unpaired) electrons. The van der Waals surface area contributed by atoms with E-state index < -0.39 is 0 Å². The average molecular weight is 343 g/mol. The van der Waals surface area contributed by atoms with Gasteiger partial charge in [0.1, 0.15) is 5.82 Å². The van der Waals surface area contributed by atoms with Crippen molar-refractivity contribution in [3.05, 3.63) is 59.2 Å². The van der Waals surface area contributed by atoms with Gasteiger partial charge >= 0.3 is 0 Å². The Morgan fingerprint density at radius 2 is 2.08 bits per heavy atom. The number of aliphatic hydroxyl groups excluding tert-OH is 1. The quantitative estimate of drug-likeness (QED) is 0.874. The van der Waals surface area contributed by atoms with Gasteiger partial charge in [-0.05, 0) is 62.1 Å². The lowest BCUT2D eigenvalue weighted by molar-refractivity contribution is 0.145. The Morgan fingerprint density at radius 3 is 2.80 bits per heavy atom. The van der Waals surface area contributed by atoms with Crippen molar-refractivity contribution in [3.8, 4) is 0 Å². The molecular formula is C20H26FN3O. The molecule has 2 aromatic rings. The largest absolute Gasteiger partial charge is 0.393 e. The monoisotopic (exact) mass is 343 g/mol. The van der Waals surface area contributed by atoms with Crippen LogP contribution in [0.1, 0.15) is 42.6 Å². The van der Waals surface area contributed by atoms with Gasteiger partial charge in [-0.3, -0.25) is 4.98 Å². The smallest absolute Gasteiger partial charge is 0.123 e. The Balaban J connectivity index is 1.76. The molecule has 25 heavy (non-hydrogen) atoms. The Bertz CT molecular complexity index is 714. The van der Waals surface area contributed by atoms with Gasteiger partial charge in [-0.1, -0.05) is 6.07 Å². The first-order valence-electron chi connectivity index (χ1n) is 8.91. The number of hydrogen-bond acceptors (Lipinski definition) is 4. The summed E-state index contributed by atoms with van der Waals surface area (Å²) < 4.78 is 13.9. The van der Waals surface area contributed by atoms with Crippen LogP contribution in [0.15, 0.2) is 36.5 Å². The number of benzene rings is 1. The SMILES string of the molecule is Cc1ncccc1CNC(C)c1cc(F)ccc1N1CCC(O)CC1. The molecule has 0 aliphatic carbocycles. The van der Waals surface area contributed by atoms with Crippen molar-refractivity contribution in [1.29, 1.82) is 0 Å². The minimum atomic E-state index is -0.220. The van der Waals surface area contributed by atoms with Crippen LogP contribution in [0.5, 0.6) is 0 Å². The van der Waals surface area contributed by atoms with Crippen LogP contribution in [0.25, 0.3) is 0 Å². The van der Waals surface area contributed by atoms with E-state index >= 15 is 0 Å². The van der Waals surface area contributed by atoms with Gasteiger partial charge in [0.05, 0.1) is 6.10 Å². The average Bonchev–Trinajstić information content (AvgIpc) is 2.61. The molecule has 1 aromatic carbocycles. The third-order valence-corrected chi connectivity index (χ3v) is 4.98. The molecule has 0 saturated carbocycles. The predicted octanol–water partition coefficient (Wildman–Crippen LogP) is 3.34. The third-order valence-electron chi connectivity index (χ3n) is 4.98. The van der Waals surface area contributed by atoms with Crippen LogP contribution in [0.2, 0.25) is 0 Å². The first-order chi connectivity index (χ1) is 12.0. The fourth-order valence-corrected chi connectivity index (χ4v) is 3.34. The molecule has 1 aromatic heterocycles. The van der Waals surface area contributed by atoms with Gasteiger partial charge in [-0.25, -0.2) is 4.39 Å². The topological polar surface area (TPSA) is 48.4 Å². The first-order valence-corrected chi connectivity index (χ1v) is 8.91. The molecule has 1 atom stereocenters. The van der Waals surface area contributed by atoms with E-state index in [1.54, 1.807) is 12.3 Å². The highest BCUT2D eigenvalue weighted by molar-refractivity contribution is 5.55. The van der Waals surface area contributed by atoms with E-state index in [4.69, 9.17) is 0 Å². The van der Waals surface area contributed by atoms with Crippen molar-refractivity contribution in [2.45, 2.75) is 45.4 Å². The highest BCUT2D eigenvalue weighted by atomic mass is 19.1. The molecule has 1 saturated heterocycles. The van der Waals surface area contributed by atoms with Crippen molar-refractivity contribution in [1.82, 2.24) is 10.3 Å². The van der Waals surface area contributed by atoms with E-state index in [0.717, 1.165) is 48.4 Å². The van der Waals surface area contributed by atoms with Crippen LogP contribution in [0, 0.1) is 12.7 Å². The van der Waals surface area contributed by atoms with Crippen LogP contribution < -0.4 is 10.2 Å². The number of nitrogens with zero attached hydrogens (tertiary/aromatic N) is 2. The lowest BCUT2D eigenvalue weighted by Crippen LogP contribution is -2.37. The number of pyridine rings is 1. The minimum Gasteiger partial charge on any atom is -0.393 e. The lowest BCUT2D eigenvalue weighted by atomic mass is 10.0. The van der Waals surface area contributed by atoms with Crippen molar-refractivity contribution in [2.75, 3.05) is 18.0 Å².